The summed E-state index contributed by atoms with van der Waals surface area (Å²) in [5.41, 5.74) is 1.16. The Morgan fingerprint density at radius 2 is 1.66 bits per heavy atom. The molecule has 0 N–H and O–H groups in total. The smallest absolute Gasteiger partial charge is 0.243 e. The van der Waals surface area contributed by atoms with Gasteiger partial charge in [-0.05, 0) is 69.0 Å². The van der Waals surface area contributed by atoms with E-state index in [9.17, 15) is 13.2 Å². The van der Waals surface area contributed by atoms with Gasteiger partial charge in [0.1, 0.15) is 0 Å². The van der Waals surface area contributed by atoms with Gasteiger partial charge in [0.2, 0.25) is 15.9 Å². The molecule has 0 bridgehead atoms. The molecule has 2 rings (SSSR count). The second kappa shape index (κ2) is 11.6. The number of carbonyl (C=O) groups excluding carboxylic acids is 1. The van der Waals surface area contributed by atoms with Crippen molar-refractivity contribution in [3.05, 3.63) is 63.6 Å². The lowest BCUT2D eigenvalue weighted by Gasteiger charge is -2.26. The number of hydrogen-bond acceptors (Lipinski definition) is 5. The molecular formula is C22H26Cl2N4O3S. The maximum atomic E-state index is 13.1. The summed E-state index contributed by atoms with van der Waals surface area (Å²) in [6, 6.07) is 12.7. The van der Waals surface area contributed by atoms with Crippen LogP contribution in [0, 0.1) is 11.3 Å². The zero-order valence-electron chi connectivity index (χ0n) is 18.3. The number of nitrogens with zero attached hydrogens (tertiary/aromatic N) is 4. The molecule has 7 nitrogen and oxygen atoms in total. The summed E-state index contributed by atoms with van der Waals surface area (Å²) in [6.45, 7) is 1.21. The van der Waals surface area contributed by atoms with Crippen LogP contribution in [0.5, 0.6) is 0 Å². The van der Waals surface area contributed by atoms with Crippen molar-refractivity contribution in [1.29, 1.82) is 5.26 Å². The number of likely N-dealkylation sites (N-methyl/N-ethyl adjacent to an activating group) is 1. The van der Waals surface area contributed by atoms with Gasteiger partial charge in [0.15, 0.2) is 0 Å². The van der Waals surface area contributed by atoms with Crippen molar-refractivity contribution in [1.82, 2.24) is 14.1 Å². The Morgan fingerprint density at radius 3 is 2.22 bits per heavy atom. The van der Waals surface area contributed by atoms with Crippen molar-refractivity contribution >= 4 is 39.1 Å². The van der Waals surface area contributed by atoms with Crippen LogP contribution >= 0.6 is 23.2 Å². The van der Waals surface area contributed by atoms with E-state index in [-0.39, 0.29) is 23.9 Å². The lowest BCUT2D eigenvalue weighted by Crippen LogP contribution is -2.41. The molecule has 172 valence electrons. The van der Waals surface area contributed by atoms with Crippen LogP contribution in [0.15, 0.2) is 47.4 Å². The van der Waals surface area contributed by atoms with Gasteiger partial charge >= 0.3 is 0 Å². The average Bonchev–Trinajstić information content (AvgIpc) is 2.75. The first-order valence-corrected chi connectivity index (χ1v) is 12.1. The zero-order valence-corrected chi connectivity index (χ0v) is 20.6. The minimum atomic E-state index is -3.88. The molecule has 0 aromatic heterocycles. The van der Waals surface area contributed by atoms with Crippen LogP contribution in [-0.4, -0.2) is 69.2 Å². The largest absolute Gasteiger partial charge is 0.337 e. The van der Waals surface area contributed by atoms with Crippen molar-refractivity contribution in [3.63, 3.8) is 0 Å². The third-order valence-corrected chi connectivity index (χ3v) is 7.35. The van der Waals surface area contributed by atoms with E-state index >= 15 is 0 Å². The summed E-state index contributed by atoms with van der Waals surface area (Å²) in [6.07, 6.45) is 0.728. The van der Waals surface area contributed by atoms with Gasteiger partial charge in [-0.2, -0.15) is 9.57 Å². The number of rotatable bonds is 10. The van der Waals surface area contributed by atoms with Gasteiger partial charge in [-0.1, -0.05) is 29.3 Å². The molecule has 0 saturated carbocycles. The van der Waals surface area contributed by atoms with E-state index in [1.54, 1.807) is 23.1 Å². The fraction of sp³-hybridized carbons (Fsp3) is 0.364. The molecule has 0 spiro atoms. The second-order valence-electron chi connectivity index (χ2n) is 7.62. The Morgan fingerprint density at radius 1 is 1.00 bits per heavy atom. The van der Waals surface area contributed by atoms with E-state index in [1.165, 1.54) is 31.3 Å². The molecule has 2 aromatic carbocycles. The second-order valence-corrected chi connectivity index (χ2v) is 10.5. The van der Waals surface area contributed by atoms with E-state index in [1.807, 2.05) is 25.1 Å². The van der Waals surface area contributed by atoms with E-state index < -0.39 is 10.0 Å². The van der Waals surface area contributed by atoms with Crippen LogP contribution in [0.1, 0.15) is 17.5 Å². The summed E-state index contributed by atoms with van der Waals surface area (Å²) in [5, 5.41) is 9.72. The SMILES string of the molecule is CN(C)CCCN(Cc1ccc(Cl)c(Cl)c1)C(=O)CN(C)S(=O)(=O)c1ccc(C#N)cc1. The molecule has 0 fully saturated rings. The fourth-order valence-corrected chi connectivity index (χ4v) is 4.43. The van der Waals surface area contributed by atoms with Gasteiger partial charge < -0.3 is 9.80 Å². The Kier molecular flexibility index (Phi) is 9.49. The van der Waals surface area contributed by atoms with Crippen LogP contribution in [-0.2, 0) is 21.4 Å². The molecule has 0 radical (unpaired) electrons. The third kappa shape index (κ3) is 7.19. The first-order valence-electron chi connectivity index (χ1n) is 9.87. The van der Waals surface area contributed by atoms with Gasteiger partial charge in [0.05, 0.1) is 33.1 Å². The molecule has 0 heterocycles. The standard InChI is InChI=1S/C22H26Cl2N4O3S/c1-26(2)11-4-12-28(15-18-7-10-20(23)21(24)13-18)22(29)16-27(3)32(30,31)19-8-5-17(14-25)6-9-19/h5-10,13H,4,11-12,15-16H2,1-3H3. The highest BCUT2D eigenvalue weighted by Gasteiger charge is 2.25. The maximum Gasteiger partial charge on any atom is 0.243 e. The van der Waals surface area contributed by atoms with Crippen molar-refractivity contribution in [2.75, 3.05) is 40.8 Å². The summed E-state index contributed by atoms with van der Waals surface area (Å²) in [7, 11) is 1.38. The number of nitriles is 1. The number of benzene rings is 2. The maximum absolute atomic E-state index is 13.1. The Balaban J connectivity index is 2.17. The molecule has 10 heteroatoms. The molecule has 0 atom stereocenters. The lowest BCUT2D eigenvalue weighted by molar-refractivity contribution is -0.132. The monoisotopic (exact) mass is 496 g/mol. The van der Waals surface area contributed by atoms with Gasteiger partial charge in [-0.25, -0.2) is 8.42 Å². The van der Waals surface area contributed by atoms with Crippen molar-refractivity contribution in [3.8, 4) is 6.07 Å². The first kappa shape index (κ1) is 26.1. The number of sulfonamides is 1. The van der Waals surface area contributed by atoms with Crippen molar-refractivity contribution in [2.45, 2.75) is 17.9 Å². The zero-order chi connectivity index (χ0) is 23.9. The lowest BCUT2D eigenvalue weighted by atomic mass is 10.2. The predicted octanol–water partition coefficient (Wildman–Crippen LogP) is 3.47. The van der Waals surface area contributed by atoms with E-state index in [2.05, 4.69) is 0 Å². The van der Waals surface area contributed by atoms with E-state index in [4.69, 9.17) is 28.5 Å². The molecule has 32 heavy (non-hydrogen) atoms. The quantitative estimate of drug-likeness (QED) is 0.502. The van der Waals surface area contributed by atoms with Crippen LogP contribution in [0.2, 0.25) is 10.0 Å². The van der Waals surface area contributed by atoms with Gasteiger partial charge in [-0.15, -0.1) is 0 Å². The minimum Gasteiger partial charge on any atom is -0.337 e. The number of halogens is 2. The number of hydrogen-bond donors (Lipinski definition) is 0. The summed E-state index contributed by atoms with van der Waals surface area (Å²) < 4.78 is 26.8. The Bertz CT molecular complexity index is 1080. The Labute approximate surface area is 199 Å². The predicted molar refractivity (Wildman–Crippen MR) is 126 cm³/mol. The van der Waals surface area contributed by atoms with E-state index in [0.29, 0.717) is 22.2 Å². The van der Waals surface area contributed by atoms with Gasteiger partial charge in [0, 0.05) is 20.1 Å². The molecular weight excluding hydrogens is 471 g/mol. The van der Waals surface area contributed by atoms with Crippen LogP contribution in [0.4, 0.5) is 0 Å². The normalized spacial score (nSPS) is 11.6. The number of amides is 1. The summed E-state index contributed by atoms with van der Waals surface area (Å²) in [4.78, 5) is 16.7. The van der Waals surface area contributed by atoms with Gasteiger partial charge in [-0.3, -0.25) is 4.79 Å². The summed E-state index contributed by atoms with van der Waals surface area (Å²) in [5.74, 6) is -0.324. The molecule has 1 amide bonds. The van der Waals surface area contributed by atoms with E-state index in [0.717, 1.165) is 22.8 Å². The Hall–Kier alpha value is -2.15. The van der Waals surface area contributed by atoms with Crippen molar-refractivity contribution < 1.29 is 13.2 Å². The third-order valence-electron chi connectivity index (χ3n) is 4.79. The van der Waals surface area contributed by atoms with Crippen LogP contribution in [0.25, 0.3) is 0 Å². The highest BCUT2D eigenvalue weighted by molar-refractivity contribution is 7.89. The highest BCUT2D eigenvalue weighted by atomic mass is 35.5. The highest BCUT2D eigenvalue weighted by Crippen LogP contribution is 2.23. The molecule has 0 saturated heterocycles. The molecule has 0 aliphatic carbocycles. The average molecular weight is 497 g/mol. The summed E-state index contributed by atoms with van der Waals surface area (Å²) >= 11 is 12.1. The molecule has 0 aliphatic heterocycles. The first-order chi connectivity index (χ1) is 15.0. The van der Waals surface area contributed by atoms with Crippen molar-refractivity contribution in [2.24, 2.45) is 0 Å². The number of carbonyl (C=O) groups is 1. The molecule has 0 aliphatic rings. The van der Waals surface area contributed by atoms with Crippen LogP contribution in [0.3, 0.4) is 0 Å². The molecule has 2 aromatic rings. The topological polar surface area (TPSA) is 84.7 Å². The van der Waals surface area contributed by atoms with Crippen LogP contribution < -0.4 is 0 Å². The fourth-order valence-electron chi connectivity index (χ4n) is 2.98. The van der Waals surface area contributed by atoms with Gasteiger partial charge in [0.25, 0.3) is 0 Å². The minimum absolute atomic E-state index is 0.0236. The molecule has 0 unspecified atom stereocenters.